The molecule has 21 heavy (non-hydrogen) atoms. The molecule has 0 saturated carbocycles. The lowest BCUT2D eigenvalue weighted by Crippen LogP contribution is -2.45. The Morgan fingerprint density at radius 3 is 2.43 bits per heavy atom. The summed E-state index contributed by atoms with van der Waals surface area (Å²) in [4.78, 5) is 13.9. The Morgan fingerprint density at radius 2 is 1.86 bits per heavy atom. The molecular formula is C16H26N2O3. The molecule has 1 atom stereocenters. The van der Waals surface area contributed by atoms with Gasteiger partial charge in [-0.1, -0.05) is 12.1 Å². The smallest absolute Gasteiger partial charge is 0.239 e. The van der Waals surface area contributed by atoms with Crippen LogP contribution in [0.15, 0.2) is 24.3 Å². The topological polar surface area (TPSA) is 50.8 Å². The maximum Gasteiger partial charge on any atom is 0.239 e. The molecule has 0 heterocycles. The summed E-state index contributed by atoms with van der Waals surface area (Å²) in [6.45, 7) is 8.40. The molecule has 118 valence electrons. The molecule has 1 rings (SSSR count). The van der Waals surface area contributed by atoms with Crippen LogP contribution in [0.25, 0.3) is 0 Å². The summed E-state index contributed by atoms with van der Waals surface area (Å²) in [6, 6.07) is 7.32. The number of nitrogens with zero attached hydrogens (tertiary/aromatic N) is 1. The van der Waals surface area contributed by atoms with Gasteiger partial charge in [-0.15, -0.1) is 0 Å². The van der Waals surface area contributed by atoms with E-state index in [-0.39, 0.29) is 11.9 Å². The molecule has 0 aromatic heterocycles. The van der Waals surface area contributed by atoms with Crippen molar-refractivity contribution in [3.8, 4) is 11.5 Å². The number of hydrogen-bond donors (Lipinski definition) is 1. The molecule has 1 aromatic carbocycles. The van der Waals surface area contributed by atoms with Gasteiger partial charge in [-0.3, -0.25) is 4.79 Å². The van der Waals surface area contributed by atoms with E-state index >= 15 is 0 Å². The minimum Gasteiger partial charge on any atom is -0.493 e. The fourth-order valence-electron chi connectivity index (χ4n) is 2.07. The number of benzene rings is 1. The second-order valence-corrected chi connectivity index (χ2v) is 4.69. The maximum absolute atomic E-state index is 12.1. The second kappa shape index (κ2) is 9.23. The minimum absolute atomic E-state index is 0.122. The summed E-state index contributed by atoms with van der Waals surface area (Å²) >= 11 is 0. The third-order valence-electron chi connectivity index (χ3n) is 3.32. The van der Waals surface area contributed by atoms with Gasteiger partial charge in [-0.25, -0.2) is 0 Å². The van der Waals surface area contributed by atoms with Crippen LogP contribution in [-0.4, -0.2) is 50.2 Å². The number of methoxy groups -OCH3 is 1. The fourth-order valence-corrected chi connectivity index (χ4v) is 2.07. The highest BCUT2D eigenvalue weighted by Gasteiger charge is 2.17. The number of para-hydroxylation sites is 2. The van der Waals surface area contributed by atoms with Gasteiger partial charge in [0, 0.05) is 19.6 Å². The Labute approximate surface area is 127 Å². The number of likely N-dealkylation sites (N-methyl/N-ethyl adjacent to an activating group) is 1. The van der Waals surface area contributed by atoms with E-state index in [4.69, 9.17) is 9.47 Å². The number of rotatable bonds is 9. The average molecular weight is 294 g/mol. The first kappa shape index (κ1) is 17.3. The van der Waals surface area contributed by atoms with Crippen molar-refractivity contribution in [2.75, 3.05) is 33.4 Å². The van der Waals surface area contributed by atoms with Crippen LogP contribution < -0.4 is 14.8 Å². The van der Waals surface area contributed by atoms with Crippen LogP contribution in [0.1, 0.15) is 20.8 Å². The molecular weight excluding hydrogens is 268 g/mol. The van der Waals surface area contributed by atoms with E-state index in [1.165, 1.54) is 0 Å². The maximum atomic E-state index is 12.1. The Morgan fingerprint density at radius 1 is 1.24 bits per heavy atom. The van der Waals surface area contributed by atoms with Crippen molar-refractivity contribution >= 4 is 5.91 Å². The quantitative estimate of drug-likeness (QED) is 0.707. The molecule has 5 heteroatoms. The normalized spacial score (nSPS) is 11.8. The number of hydrogen-bond acceptors (Lipinski definition) is 4. The summed E-state index contributed by atoms with van der Waals surface area (Å²) in [6.07, 6.45) is 0. The molecule has 0 bridgehead atoms. The van der Waals surface area contributed by atoms with Crippen molar-refractivity contribution in [1.29, 1.82) is 0 Å². The van der Waals surface area contributed by atoms with Crippen LogP contribution >= 0.6 is 0 Å². The number of carbonyl (C=O) groups is 1. The van der Waals surface area contributed by atoms with Crippen molar-refractivity contribution in [3.63, 3.8) is 0 Å². The van der Waals surface area contributed by atoms with Crippen LogP contribution in [-0.2, 0) is 4.79 Å². The lowest BCUT2D eigenvalue weighted by Gasteiger charge is -2.23. The van der Waals surface area contributed by atoms with Gasteiger partial charge in [-0.2, -0.15) is 0 Å². The lowest BCUT2D eigenvalue weighted by molar-refractivity contribution is -0.132. The van der Waals surface area contributed by atoms with Crippen molar-refractivity contribution in [2.24, 2.45) is 0 Å². The highest BCUT2D eigenvalue weighted by molar-refractivity contribution is 5.81. The first-order chi connectivity index (χ1) is 10.1. The van der Waals surface area contributed by atoms with E-state index in [9.17, 15) is 4.79 Å². The van der Waals surface area contributed by atoms with Crippen molar-refractivity contribution in [3.05, 3.63) is 24.3 Å². The summed E-state index contributed by atoms with van der Waals surface area (Å²) in [5, 5.41) is 3.18. The third kappa shape index (κ3) is 5.27. The van der Waals surface area contributed by atoms with Gasteiger partial charge in [0.1, 0.15) is 6.61 Å². The minimum atomic E-state index is -0.203. The Kier molecular flexibility index (Phi) is 7.61. The van der Waals surface area contributed by atoms with Crippen LogP contribution in [0.5, 0.6) is 11.5 Å². The van der Waals surface area contributed by atoms with Crippen LogP contribution in [0, 0.1) is 0 Å². The zero-order chi connectivity index (χ0) is 15.7. The SMILES string of the molecule is CCN(CC)C(=O)C(C)NCCOc1ccccc1OC. The molecule has 0 aliphatic carbocycles. The van der Waals surface area contributed by atoms with Crippen molar-refractivity contribution < 1.29 is 14.3 Å². The van der Waals surface area contributed by atoms with E-state index in [0.717, 1.165) is 13.1 Å². The number of amides is 1. The molecule has 1 N–H and O–H groups in total. The summed E-state index contributed by atoms with van der Waals surface area (Å²) < 4.78 is 10.9. The predicted octanol–water partition coefficient (Wildman–Crippen LogP) is 1.92. The highest BCUT2D eigenvalue weighted by Crippen LogP contribution is 2.25. The number of carbonyl (C=O) groups excluding carboxylic acids is 1. The van der Waals surface area contributed by atoms with E-state index in [1.807, 2.05) is 49.9 Å². The zero-order valence-corrected chi connectivity index (χ0v) is 13.4. The monoisotopic (exact) mass is 294 g/mol. The van der Waals surface area contributed by atoms with Gasteiger partial charge in [0.2, 0.25) is 5.91 Å². The highest BCUT2D eigenvalue weighted by atomic mass is 16.5. The summed E-state index contributed by atoms with van der Waals surface area (Å²) in [5.41, 5.74) is 0. The first-order valence-electron chi connectivity index (χ1n) is 7.42. The van der Waals surface area contributed by atoms with Gasteiger partial charge in [-0.05, 0) is 32.9 Å². The molecule has 5 nitrogen and oxygen atoms in total. The lowest BCUT2D eigenvalue weighted by atomic mass is 10.3. The van der Waals surface area contributed by atoms with Crippen LogP contribution in [0.2, 0.25) is 0 Å². The standard InChI is InChI=1S/C16H26N2O3/c1-5-18(6-2)16(19)13(3)17-11-12-21-15-10-8-7-9-14(15)20-4/h7-10,13,17H,5-6,11-12H2,1-4H3. The van der Waals surface area contributed by atoms with Gasteiger partial charge in [0.15, 0.2) is 11.5 Å². The molecule has 1 aromatic rings. The molecule has 1 amide bonds. The number of ether oxygens (including phenoxy) is 2. The Balaban J connectivity index is 2.35. The van der Waals surface area contributed by atoms with Crippen LogP contribution in [0.3, 0.4) is 0 Å². The molecule has 1 unspecified atom stereocenters. The Hall–Kier alpha value is -1.75. The molecule has 0 aliphatic heterocycles. The predicted molar refractivity (Wildman–Crippen MR) is 83.9 cm³/mol. The molecule has 0 spiro atoms. The summed E-state index contributed by atoms with van der Waals surface area (Å²) in [5.74, 6) is 1.55. The van der Waals surface area contributed by atoms with Gasteiger partial charge >= 0.3 is 0 Å². The third-order valence-corrected chi connectivity index (χ3v) is 3.32. The van der Waals surface area contributed by atoms with E-state index in [1.54, 1.807) is 7.11 Å². The zero-order valence-electron chi connectivity index (χ0n) is 13.4. The average Bonchev–Trinajstić information content (AvgIpc) is 2.52. The van der Waals surface area contributed by atoms with Crippen molar-refractivity contribution in [2.45, 2.75) is 26.8 Å². The van der Waals surface area contributed by atoms with E-state index in [2.05, 4.69) is 5.32 Å². The fraction of sp³-hybridized carbons (Fsp3) is 0.562. The van der Waals surface area contributed by atoms with Gasteiger partial charge in [0.25, 0.3) is 0 Å². The molecule has 0 radical (unpaired) electrons. The Bertz CT molecular complexity index is 433. The van der Waals surface area contributed by atoms with Gasteiger partial charge in [0.05, 0.1) is 13.2 Å². The molecule has 0 fully saturated rings. The largest absolute Gasteiger partial charge is 0.493 e. The molecule has 0 saturated heterocycles. The van der Waals surface area contributed by atoms with E-state index < -0.39 is 0 Å². The van der Waals surface area contributed by atoms with Gasteiger partial charge < -0.3 is 19.7 Å². The first-order valence-corrected chi connectivity index (χ1v) is 7.42. The van der Waals surface area contributed by atoms with Crippen LogP contribution in [0.4, 0.5) is 0 Å². The summed E-state index contributed by atoms with van der Waals surface area (Å²) in [7, 11) is 1.62. The molecule has 0 aliphatic rings. The second-order valence-electron chi connectivity index (χ2n) is 4.69. The van der Waals surface area contributed by atoms with Crippen molar-refractivity contribution in [1.82, 2.24) is 10.2 Å². The van der Waals surface area contributed by atoms with E-state index in [0.29, 0.717) is 24.7 Å². The number of nitrogens with one attached hydrogen (secondary N) is 1.